The average molecular weight is 257 g/mol. The summed E-state index contributed by atoms with van der Waals surface area (Å²) in [7, 11) is 1.86. The van der Waals surface area contributed by atoms with Gasteiger partial charge in [0.05, 0.1) is 18.2 Å². The third-order valence-electron chi connectivity index (χ3n) is 3.62. The van der Waals surface area contributed by atoms with E-state index in [0.29, 0.717) is 12.1 Å². The van der Waals surface area contributed by atoms with Crippen molar-refractivity contribution in [2.24, 2.45) is 0 Å². The Bertz CT molecular complexity index is 519. The molecule has 0 N–H and O–H groups in total. The van der Waals surface area contributed by atoms with E-state index in [2.05, 4.69) is 11.0 Å². The van der Waals surface area contributed by atoms with Gasteiger partial charge >= 0.3 is 0 Å². The number of hydrogen-bond acceptors (Lipinski definition) is 3. The molecule has 0 saturated carbocycles. The molecule has 0 aromatic heterocycles. The first-order valence-corrected chi connectivity index (χ1v) is 6.56. The van der Waals surface area contributed by atoms with Crippen LogP contribution < -0.4 is 0 Å². The molecule has 1 aromatic rings. The van der Waals surface area contributed by atoms with E-state index in [1.807, 2.05) is 32.2 Å². The molecule has 0 unspecified atom stereocenters. The quantitative estimate of drug-likeness (QED) is 0.807. The number of carbonyl (C=O) groups excluding carboxylic acids is 1. The Morgan fingerprint density at radius 2 is 2.16 bits per heavy atom. The molecule has 1 aliphatic heterocycles. The maximum atomic E-state index is 11.8. The number of benzene rings is 1. The molecule has 0 aliphatic carbocycles. The highest BCUT2D eigenvalue weighted by molar-refractivity contribution is 5.78. The lowest BCUT2D eigenvalue weighted by Gasteiger charge is -2.20. The Labute approximate surface area is 114 Å². The predicted molar refractivity (Wildman–Crippen MR) is 73.4 cm³/mol. The molecule has 1 heterocycles. The smallest absolute Gasteiger partial charge is 0.236 e. The van der Waals surface area contributed by atoms with E-state index in [9.17, 15) is 4.79 Å². The van der Waals surface area contributed by atoms with Crippen molar-refractivity contribution in [3.05, 3.63) is 34.9 Å². The Hall–Kier alpha value is -1.86. The van der Waals surface area contributed by atoms with Gasteiger partial charge in [0.1, 0.15) is 0 Å². The van der Waals surface area contributed by atoms with E-state index in [0.717, 1.165) is 31.6 Å². The predicted octanol–water partition coefficient (Wildman–Crippen LogP) is 1.53. The van der Waals surface area contributed by atoms with Crippen LogP contribution in [0, 0.1) is 18.3 Å². The first-order valence-electron chi connectivity index (χ1n) is 6.56. The number of carbonyl (C=O) groups is 1. The maximum absolute atomic E-state index is 11.8. The summed E-state index contributed by atoms with van der Waals surface area (Å²) in [6.45, 7) is 5.05. The summed E-state index contributed by atoms with van der Waals surface area (Å²) in [4.78, 5) is 15.8. The van der Waals surface area contributed by atoms with Gasteiger partial charge in [0.15, 0.2) is 0 Å². The first-order chi connectivity index (χ1) is 9.10. The maximum Gasteiger partial charge on any atom is 0.236 e. The molecule has 4 heteroatoms. The molecular formula is C15H19N3O. The highest BCUT2D eigenvalue weighted by Crippen LogP contribution is 2.14. The van der Waals surface area contributed by atoms with Crippen LogP contribution in [-0.4, -0.2) is 42.4 Å². The zero-order valence-electron chi connectivity index (χ0n) is 11.5. The number of nitriles is 1. The summed E-state index contributed by atoms with van der Waals surface area (Å²) in [5.74, 6) is 0.184. The van der Waals surface area contributed by atoms with Crippen LogP contribution >= 0.6 is 0 Å². The summed E-state index contributed by atoms with van der Waals surface area (Å²) in [6, 6.07) is 7.89. The molecule has 1 saturated heterocycles. The second-order valence-corrected chi connectivity index (χ2v) is 5.13. The van der Waals surface area contributed by atoms with Crippen LogP contribution in [0.5, 0.6) is 0 Å². The van der Waals surface area contributed by atoms with Crippen LogP contribution in [0.15, 0.2) is 18.2 Å². The number of nitrogens with zero attached hydrogens (tertiary/aromatic N) is 3. The molecule has 0 spiro atoms. The van der Waals surface area contributed by atoms with Crippen molar-refractivity contribution in [2.75, 3.05) is 26.7 Å². The van der Waals surface area contributed by atoms with Crippen molar-refractivity contribution < 1.29 is 4.79 Å². The zero-order valence-corrected chi connectivity index (χ0v) is 11.5. The molecule has 4 nitrogen and oxygen atoms in total. The van der Waals surface area contributed by atoms with Crippen LogP contribution in [0.25, 0.3) is 0 Å². The first kappa shape index (κ1) is 13.6. The molecule has 1 amide bonds. The minimum Gasteiger partial charge on any atom is -0.345 e. The second-order valence-electron chi connectivity index (χ2n) is 5.13. The lowest BCUT2D eigenvalue weighted by Crippen LogP contribution is -2.34. The van der Waals surface area contributed by atoms with Crippen molar-refractivity contribution in [2.45, 2.75) is 19.9 Å². The summed E-state index contributed by atoms with van der Waals surface area (Å²) >= 11 is 0. The van der Waals surface area contributed by atoms with Gasteiger partial charge in [0, 0.05) is 26.7 Å². The van der Waals surface area contributed by atoms with Crippen molar-refractivity contribution >= 4 is 5.91 Å². The van der Waals surface area contributed by atoms with E-state index in [4.69, 9.17) is 5.26 Å². The fourth-order valence-electron chi connectivity index (χ4n) is 2.37. The zero-order chi connectivity index (χ0) is 13.8. The molecule has 0 atom stereocenters. The summed E-state index contributed by atoms with van der Waals surface area (Å²) in [5, 5.41) is 8.86. The Morgan fingerprint density at radius 3 is 2.84 bits per heavy atom. The molecule has 2 rings (SSSR count). The summed E-state index contributed by atoms with van der Waals surface area (Å²) < 4.78 is 0. The Kier molecular flexibility index (Phi) is 4.18. The van der Waals surface area contributed by atoms with Gasteiger partial charge in [-0.3, -0.25) is 9.69 Å². The summed E-state index contributed by atoms with van der Waals surface area (Å²) in [6.07, 6.45) is 1.01. The fraction of sp³-hybridized carbons (Fsp3) is 0.467. The Balaban J connectivity index is 2.08. The number of likely N-dealkylation sites (N-methyl/N-ethyl adjacent to an activating group) is 1. The van der Waals surface area contributed by atoms with Gasteiger partial charge in [-0.05, 0) is 36.6 Å². The van der Waals surface area contributed by atoms with Gasteiger partial charge in [0.25, 0.3) is 0 Å². The van der Waals surface area contributed by atoms with Crippen LogP contribution in [0.1, 0.15) is 23.1 Å². The normalized spacial score (nSPS) is 17.1. The van der Waals surface area contributed by atoms with Crippen molar-refractivity contribution in [3.8, 4) is 6.07 Å². The van der Waals surface area contributed by atoms with E-state index >= 15 is 0 Å². The number of hydrogen-bond donors (Lipinski definition) is 0. The fourth-order valence-corrected chi connectivity index (χ4v) is 2.37. The molecule has 19 heavy (non-hydrogen) atoms. The van der Waals surface area contributed by atoms with Gasteiger partial charge < -0.3 is 4.90 Å². The van der Waals surface area contributed by atoms with Crippen molar-refractivity contribution in [1.29, 1.82) is 5.26 Å². The minimum absolute atomic E-state index is 0.184. The largest absolute Gasteiger partial charge is 0.345 e. The van der Waals surface area contributed by atoms with Crippen molar-refractivity contribution in [1.82, 2.24) is 9.80 Å². The van der Waals surface area contributed by atoms with Crippen LogP contribution in [0.3, 0.4) is 0 Å². The highest BCUT2D eigenvalue weighted by Gasteiger charge is 2.19. The third-order valence-corrected chi connectivity index (χ3v) is 3.62. The molecule has 1 fully saturated rings. The molecule has 0 radical (unpaired) electrons. The molecule has 1 aliphatic rings. The lowest BCUT2D eigenvalue weighted by molar-refractivity contribution is -0.130. The van der Waals surface area contributed by atoms with E-state index in [1.54, 1.807) is 4.90 Å². The SMILES string of the molecule is Cc1cc(C#N)ccc1CN1CCCN(C)C(=O)C1. The van der Waals surface area contributed by atoms with Gasteiger partial charge in [-0.15, -0.1) is 0 Å². The standard InChI is InChI=1S/C15H19N3O/c1-12-8-13(9-16)4-5-14(12)10-18-7-3-6-17(2)15(19)11-18/h4-5,8H,3,6-7,10-11H2,1-2H3. The monoisotopic (exact) mass is 257 g/mol. The van der Waals surface area contributed by atoms with Crippen LogP contribution in [-0.2, 0) is 11.3 Å². The molecule has 0 bridgehead atoms. The molecular weight excluding hydrogens is 238 g/mol. The second kappa shape index (κ2) is 5.85. The van der Waals surface area contributed by atoms with Gasteiger partial charge in [-0.1, -0.05) is 6.07 Å². The summed E-state index contributed by atoms with van der Waals surface area (Å²) in [5.41, 5.74) is 2.99. The van der Waals surface area contributed by atoms with E-state index in [-0.39, 0.29) is 5.91 Å². The van der Waals surface area contributed by atoms with Gasteiger partial charge in [-0.2, -0.15) is 5.26 Å². The topological polar surface area (TPSA) is 47.3 Å². The average Bonchev–Trinajstić information content (AvgIpc) is 2.54. The van der Waals surface area contributed by atoms with Crippen LogP contribution in [0.2, 0.25) is 0 Å². The molecule has 1 aromatic carbocycles. The number of amides is 1. The minimum atomic E-state index is 0.184. The highest BCUT2D eigenvalue weighted by atomic mass is 16.2. The Morgan fingerprint density at radius 1 is 1.37 bits per heavy atom. The third kappa shape index (κ3) is 3.33. The lowest BCUT2D eigenvalue weighted by atomic mass is 10.1. The number of rotatable bonds is 2. The van der Waals surface area contributed by atoms with Crippen LogP contribution in [0.4, 0.5) is 0 Å². The number of aryl methyl sites for hydroxylation is 1. The van der Waals surface area contributed by atoms with Gasteiger partial charge in [0.2, 0.25) is 5.91 Å². The molecule has 100 valence electrons. The van der Waals surface area contributed by atoms with E-state index < -0.39 is 0 Å². The van der Waals surface area contributed by atoms with E-state index in [1.165, 1.54) is 5.56 Å². The van der Waals surface area contributed by atoms with Gasteiger partial charge in [-0.25, -0.2) is 0 Å². The van der Waals surface area contributed by atoms with Crippen molar-refractivity contribution in [3.63, 3.8) is 0 Å².